The van der Waals surface area contributed by atoms with Crippen molar-refractivity contribution in [3.05, 3.63) is 30.3 Å². The van der Waals surface area contributed by atoms with Crippen molar-refractivity contribution in [3.8, 4) is 0 Å². The fourth-order valence-electron chi connectivity index (χ4n) is 0.838. The zero-order valence-electron chi connectivity index (χ0n) is 7.73. The van der Waals surface area contributed by atoms with E-state index >= 15 is 0 Å². The first-order valence-electron chi connectivity index (χ1n) is 4.03. The molecule has 3 nitrogen and oxygen atoms in total. The number of methoxy groups -OCH3 is 1. The summed E-state index contributed by atoms with van der Waals surface area (Å²) in [6.07, 6.45) is 0. The molecule has 0 N–H and O–H groups in total. The molecule has 0 saturated heterocycles. The molecule has 1 aromatic carbocycles. The monoisotopic (exact) mass is 210 g/mol. The van der Waals surface area contributed by atoms with Crippen molar-refractivity contribution in [2.75, 3.05) is 12.9 Å². The van der Waals surface area contributed by atoms with E-state index in [0.717, 1.165) is 4.90 Å². The van der Waals surface area contributed by atoms with Gasteiger partial charge in [-0.15, -0.1) is 11.8 Å². The van der Waals surface area contributed by atoms with Crippen LogP contribution >= 0.6 is 11.8 Å². The lowest BCUT2D eigenvalue weighted by Crippen LogP contribution is -2.17. The standard InChI is InChI=1S/C10H10O3S/c1-13-10(12)9(11)7-14-8-5-3-2-4-6-8/h2-6H,7H2,1H3. The summed E-state index contributed by atoms with van der Waals surface area (Å²) in [5.41, 5.74) is 0. The van der Waals surface area contributed by atoms with Gasteiger partial charge in [-0.3, -0.25) is 4.79 Å². The fraction of sp³-hybridized carbons (Fsp3) is 0.200. The highest BCUT2D eigenvalue weighted by Gasteiger charge is 2.13. The van der Waals surface area contributed by atoms with Crippen LogP contribution in [0.15, 0.2) is 35.2 Å². The number of rotatable bonds is 4. The largest absolute Gasteiger partial charge is 0.463 e. The Morgan fingerprint density at radius 3 is 2.50 bits per heavy atom. The average Bonchev–Trinajstić information content (AvgIpc) is 2.26. The van der Waals surface area contributed by atoms with Crippen LogP contribution in [-0.4, -0.2) is 24.6 Å². The third-order valence-electron chi connectivity index (χ3n) is 1.53. The van der Waals surface area contributed by atoms with Gasteiger partial charge in [0.25, 0.3) is 0 Å². The molecule has 0 atom stereocenters. The molecule has 0 bridgehead atoms. The van der Waals surface area contributed by atoms with Gasteiger partial charge in [-0.05, 0) is 12.1 Å². The van der Waals surface area contributed by atoms with Gasteiger partial charge in [0.2, 0.25) is 5.78 Å². The maximum Gasteiger partial charge on any atom is 0.375 e. The van der Waals surface area contributed by atoms with Crippen molar-refractivity contribution in [1.82, 2.24) is 0 Å². The van der Waals surface area contributed by atoms with E-state index in [9.17, 15) is 9.59 Å². The van der Waals surface area contributed by atoms with Crippen molar-refractivity contribution >= 4 is 23.5 Å². The van der Waals surface area contributed by atoms with Crippen LogP contribution < -0.4 is 0 Å². The van der Waals surface area contributed by atoms with Crippen LogP contribution in [0.2, 0.25) is 0 Å². The third-order valence-corrected chi connectivity index (χ3v) is 2.54. The molecule has 0 heterocycles. The second-order valence-corrected chi connectivity index (χ2v) is 3.57. The van der Waals surface area contributed by atoms with Gasteiger partial charge in [-0.25, -0.2) is 4.79 Å². The van der Waals surface area contributed by atoms with Gasteiger partial charge in [-0.1, -0.05) is 18.2 Å². The molecular formula is C10H10O3S. The highest BCUT2D eigenvalue weighted by molar-refractivity contribution is 8.00. The molecule has 0 radical (unpaired) electrons. The minimum atomic E-state index is -0.784. The van der Waals surface area contributed by atoms with Crippen molar-refractivity contribution in [3.63, 3.8) is 0 Å². The van der Waals surface area contributed by atoms with Crippen LogP contribution in [-0.2, 0) is 14.3 Å². The summed E-state index contributed by atoms with van der Waals surface area (Å²) in [5.74, 6) is -1.17. The first kappa shape index (κ1) is 10.8. The van der Waals surface area contributed by atoms with Gasteiger partial charge in [0.15, 0.2) is 0 Å². The molecule has 0 amide bonds. The summed E-state index contributed by atoms with van der Waals surface area (Å²) in [7, 11) is 1.20. The number of carbonyl (C=O) groups excluding carboxylic acids is 2. The Hall–Kier alpha value is -1.29. The van der Waals surface area contributed by atoms with Gasteiger partial charge in [0.05, 0.1) is 12.9 Å². The van der Waals surface area contributed by atoms with E-state index in [2.05, 4.69) is 4.74 Å². The summed E-state index contributed by atoms with van der Waals surface area (Å²) in [4.78, 5) is 22.8. The van der Waals surface area contributed by atoms with Crippen LogP contribution in [0.5, 0.6) is 0 Å². The van der Waals surface area contributed by atoms with Crippen molar-refractivity contribution in [2.24, 2.45) is 0 Å². The average molecular weight is 210 g/mol. The Morgan fingerprint density at radius 1 is 1.29 bits per heavy atom. The molecular weight excluding hydrogens is 200 g/mol. The third kappa shape index (κ3) is 3.22. The molecule has 0 aliphatic rings. The number of hydrogen-bond acceptors (Lipinski definition) is 4. The van der Waals surface area contributed by atoms with Crippen molar-refractivity contribution < 1.29 is 14.3 Å². The SMILES string of the molecule is COC(=O)C(=O)CSc1ccccc1. The van der Waals surface area contributed by atoms with Gasteiger partial charge in [0.1, 0.15) is 0 Å². The molecule has 14 heavy (non-hydrogen) atoms. The number of ether oxygens (including phenoxy) is 1. The Kier molecular flexibility index (Phi) is 4.19. The smallest absolute Gasteiger partial charge is 0.375 e. The highest BCUT2D eigenvalue weighted by atomic mass is 32.2. The Balaban J connectivity index is 2.42. The van der Waals surface area contributed by atoms with Crippen LogP contribution in [0.4, 0.5) is 0 Å². The molecule has 0 fully saturated rings. The zero-order chi connectivity index (χ0) is 10.4. The summed E-state index contributed by atoms with van der Waals surface area (Å²) in [5, 5.41) is 0. The molecule has 0 aromatic heterocycles. The normalized spacial score (nSPS) is 9.50. The number of ketones is 1. The molecule has 0 spiro atoms. The van der Waals surface area contributed by atoms with Gasteiger partial charge in [0, 0.05) is 4.90 Å². The van der Waals surface area contributed by atoms with E-state index in [1.165, 1.54) is 18.9 Å². The van der Waals surface area contributed by atoms with E-state index in [-0.39, 0.29) is 5.75 Å². The molecule has 74 valence electrons. The topological polar surface area (TPSA) is 43.4 Å². The number of thioether (sulfide) groups is 1. The Labute approximate surface area is 86.5 Å². The highest BCUT2D eigenvalue weighted by Crippen LogP contribution is 2.16. The van der Waals surface area contributed by atoms with Crippen LogP contribution in [0.25, 0.3) is 0 Å². The van der Waals surface area contributed by atoms with Crippen LogP contribution in [0, 0.1) is 0 Å². The van der Waals surface area contributed by atoms with E-state index in [4.69, 9.17) is 0 Å². The predicted octanol–water partition coefficient (Wildman–Crippen LogP) is 1.52. The molecule has 1 aromatic rings. The number of esters is 1. The number of benzene rings is 1. The zero-order valence-corrected chi connectivity index (χ0v) is 8.54. The summed E-state index contributed by atoms with van der Waals surface area (Å²) < 4.78 is 4.30. The Morgan fingerprint density at radius 2 is 1.93 bits per heavy atom. The van der Waals surface area contributed by atoms with Gasteiger partial charge < -0.3 is 4.74 Å². The molecule has 0 saturated carbocycles. The lowest BCUT2D eigenvalue weighted by atomic mass is 10.4. The summed E-state index contributed by atoms with van der Waals surface area (Å²) in [6.45, 7) is 0. The number of hydrogen-bond donors (Lipinski definition) is 0. The van der Waals surface area contributed by atoms with E-state index < -0.39 is 11.8 Å². The number of Topliss-reactive ketones (excluding diaryl/α,β-unsaturated/α-hetero) is 1. The van der Waals surface area contributed by atoms with Crippen LogP contribution in [0.1, 0.15) is 0 Å². The maximum atomic E-state index is 11.1. The van der Waals surface area contributed by atoms with Crippen molar-refractivity contribution in [1.29, 1.82) is 0 Å². The first-order chi connectivity index (χ1) is 6.74. The molecule has 0 aliphatic carbocycles. The summed E-state index contributed by atoms with van der Waals surface area (Å²) in [6, 6.07) is 9.42. The predicted molar refractivity (Wildman–Crippen MR) is 54.2 cm³/mol. The molecule has 0 aliphatic heterocycles. The molecule has 4 heteroatoms. The fourth-order valence-corrected chi connectivity index (χ4v) is 1.60. The lowest BCUT2D eigenvalue weighted by Gasteiger charge is -1.99. The molecule has 0 unspecified atom stereocenters. The second-order valence-electron chi connectivity index (χ2n) is 2.52. The number of carbonyl (C=O) groups is 2. The van der Waals surface area contributed by atoms with Gasteiger partial charge >= 0.3 is 5.97 Å². The first-order valence-corrected chi connectivity index (χ1v) is 5.01. The van der Waals surface area contributed by atoms with Gasteiger partial charge in [-0.2, -0.15) is 0 Å². The summed E-state index contributed by atoms with van der Waals surface area (Å²) >= 11 is 1.32. The lowest BCUT2D eigenvalue weighted by molar-refractivity contribution is -0.150. The second kappa shape index (κ2) is 5.44. The van der Waals surface area contributed by atoms with E-state index in [0.29, 0.717) is 0 Å². The minimum Gasteiger partial charge on any atom is -0.463 e. The van der Waals surface area contributed by atoms with Crippen molar-refractivity contribution in [2.45, 2.75) is 4.90 Å². The van der Waals surface area contributed by atoms with E-state index in [1.807, 2.05) is 30.3 Å². The van der Waals surface area contributed by atoms with E-state index in [1.54, 1.807) is 0 Å². The maximum absolute atomic E-state index is 11.1. The Bertz CT molecular complexity index is 321. The van der Waals surface area contributed by atoms with Crippen LogP contribution in [0.3, 0.4) is 0 Å². The minimum absolute atomic E-state index is 0.122. The quantitative estimate of drug-likeness (QED) is 0.429. The molecule has 1 rings (SSSR count).